The zero-order chi connectivity index (χ0) is 9.80. The smallest absolute Gasteiger partial charge is 0.0424 e. The Labute approximate surface area is 86.3 Å². The predicted molar refractivity (Wildman–Crippen MR) is 59.8 cm³/mol. The van der Waals surface area contributed by atoms with Gasteiger partial charge in [0, 0.05) is 18.4 Å². The van der Waals surface area contributed by atoms with Gasteiger partial charge in [0.2, 0.25) is 0 Å². The molecule has 2 nitrogen and oxygen atoms in total. The molecule has 1 aromatic rings. The second-order valence-corrected chi connectivity index (χ2v) is 4.35. The number of nitrogens with one attached hydrogen (secondary N) is 1. The summed E-state index contributed by atoms with van der Waals surface area (Å²) in [5, 5.41) is 0. The third-order valence-electron chi connectivity index (χ3n) is 3.36. The van der Waals surface area contributed by atoms with Gasteiger partial charge in [0.05, 0.1) is 0 Å². The average molecular weight is 192 g/mol. The van der Waals surface area contributed by atoms with Crippen molar-refractivity contribution in [1.82, 2.24) is 4.68 Å². The van der Waals surface area contributed by atoms with E-state index in [2.05, 4.69) is 41.6 Å². The van der Waals surface area contributed by atoms with Crippen LogP contribution in [0.2, 0.25) is 0 Å². The maximum absolute atomic E-state index is 3.52. The van der Waals surface area contributed by atoms with Crippen molar-refractivity contribution in [1.29, 1.82) is 0 Å². The van der Waals surface area contributed by atoms with Crippen molar-refractivity contribution < 1.29 is 0 Å². The van der Waals surface area contributed by atoms with Gasteiger partial charge in [0.15, 0.2) is 0 Å². The number of hydrogen-bond donors (Lipinski definition) is 1. The molecule has 1 aromatic heterocycles. The Balaban J connectivity index is 1.79. The summed E-state index contributed by atoms with van der Waals surface area (Å²) in [6.07, 6.45) is 11.0. The highest BCUT2D eigenvalue weighted by Gasteiger charge is 2.19. The van der Waals surface area contributed by atoms with E-state index in [0.29, 0.717) is 6.04 Å². The van der Waals surface area contributed by atoms with Gasteiger partial charge >= 0.3 is 0 Å². The van der Waals surface area contributed by atoms with Crippen LogP contribution >= 0.6 is 0 Å². The van der Waals surface area contributed by atoms with Crippen LogP contribution in [0.25, 0.3) is 0 Å². The van der Waals surface area contributed by atoms with E-state index < -0.39 is 0 Å². The van der Waals surface area contributed by atoms with Gasteiger partial charge in [0.25, 0.3) is 0 Å². The normalized spacial score (nSPS) is 27.5. The maximum Gasteiger partial charge on any atom is 0.0424 e. The summed E-state index contributed by atoms with van der Waals surface area (Å²) in [4.78, 5) is 0. The summed E-state index contributed by atoms with van der Waals surface area (Å²) in [5.41, 5.74) is 3.52. The minimum Gasteiger partial charge on any atom is -0.323 e. The minimum absolute atomic E-state index is 0.685. The van der Waals surface area contributed by atoms with Gasteiger partial charge in [-0.15, -0.1) is 0 Å². The van der Waals surface area contributed by atoms with Crippen molar-refractivity contribution in [2.75, 3.05) is 5.43 Å². The Morgan fingerprint density at radius 3 is 2.36 bits per heavy atom. The number of nitrogens with zero attached hydrogens (tertiary/aromatic N) is 1. The second-order valence-electron chi connectivity index (χ2n) is 4.35. The van der Waals surface area contributed by atoms with Crippen LogP contribution in [0.4, 0.5) is 0 Å². The zero-order valence-corrected chi connectivity index (χ0v) is 8.95. The Kier molecular flexibility index (Phi) is 3.12. The highest BCUT2D eigenvalue weighted by molar-refractivity contribution is 4.96. The molecule has 0 amide bonds. The monoisotopic (exact) mass is 192 g/mol. The number of rotatable bonds is 3. The molecular weight excluding hydrogens is 172 g/mol. The number of hydrogen-bond acceptors (Lipinski definition) is 1. The van der Waals surface area contributed by atoms with E-state index in [1.807, 2.05) is 0 Å². The summed E-state index contributed by atoms with van der Waals surface area (Å²) < 4.78 is 2.08. The van der Waals surface area contributed by atoms with Gasteiger partial charge < -0.3 is 5.43 Å². The molecule has 0 bridgehead atoms. The summed E-state index contributed by atoms with van der Waals surface area (Å²) in [7, 11) is 0. The Morgan fingerprint density at radius 2 is 1.79 bits per heavy atom. The molecule has 0 radical (unpaired) electrons. The van der Waals surface area contributed by atoms with Crippen LogP contribution in [0.1, 0.15) is 39.0 Å². The van der Waals surface area contributed by atoms with Gasteiger partial charge in [0.1, 0.15) is 0 Å². The van der Waals surface area contributed by atoms with Crippen molar-refractivity contribution in [3.05, 3.63) is 24.5 Å². The van der Waals surface area contributed by atoms with E-state index in [4.69, 9.17) is 0 Å². The SMILES string of the molecule is CCC1CCC(Nn2cccc2)CC1. The quantitative estimate of drug-likeness (QED) is 0.779. The molecule has 1 N–H and O–H groups in total. The van der Waals surface area contributed by atoms with Crippen LogP contribution in [-0.4, -0.2) is 10.7 Å². The summed E-state index contributed by atoms with van der Waals surface area (Å²) in [6.45, 7) is 2.31. The minimum atomic E-state index is 0.685. The predicted octanol–water partition coefficient (Wildman–Crippen LogP) is 3.00. The zero-order valence-electron chi connectivity index (χ0n) is 8.95. The third-order valence-corrected chi connectivity index (χ3v) is 3.36. The van der Waals surface area contributed by atoms with Crippen molar-refractivity contribution in [2.45, 2.75) is 45.1 Å². The lowest BCUT2D eigenvalue weighted by Crippen LogP contribution is -2.31. The van der Waals surface area contributed by atoms with Crippen LogP contribution in [0.3, 0.4) is 0 Å². The molecule has 1 heterocycles. The fraction of sp³-hybridized carbons (Fsp3) is 0.667. The molecule has 1 fully saturated rings. The van der Waals surface area contributed by atoms with Crippen LogP contribution in [-0.2, 0) is 0 Å². The second kappa shape index (κ2) is 4.54. The number of aromatic nitrogens is 1. The Hall–Kier alpha value is -0.920. The molecule has 0 unspecified atom stereocenters. The van der Waals surface area contributed by atoms with E-state index in [1.54, 1.807) is 0 Å². The molecule has 1 aliphatic rings. The van der Waals surface area contributed by atoms with Crippen LogP contribution in [0.15, 0.2) is 24.5 Å². The van der Waals surface area contributed by atoms with Gasteiger partial charge in [-0.25, -0.2) is 0 Å². The summed E-state index contributed by atoms with van der Waals surface area (Å²) >= 11 is 0. The van der Waals surface area contributed by atoms with Crippen LogP contribution < -0.4 is 5.43 Å². The lowest BCUT2D eigenvalue weighted by atomic mass is 9.85. The van der Waals surface area contributed by atoms with Crippen LogP contribution in [0, 0.1) is 5.92 Å². The van der Waals surface area contributed by atoms with Gasteiger partial charge in [-0.05, 0) is 43.7 Å². The molecule has 0 aromatic carbocycles. The lowest BCUT2D eigenvalue weighted by molar-refractivity contribution is 0.320. The molecule has 1 aliphatic carbocycles. The molecule has 1 saturated carbocycles. The molecule has 0 aliphatic heterocycles. The van der Waals surface area contributed by atoms with E-state index >= 15 is 0 Å². The van der Waals surface area contributed by atoms with Crippen molar-refractivity contribution in [3.8, 4) is 0 Å². The summed E-state index contributed by atoms with van der Waals surface area (Å²) in [6, 6.07) is 4.81. The fourth-order valence-corrected chi connectivity index (χ4v) is 2.33. The van der Waals surface area contributed by atoms with Gasteiger partial charge in [-0.3, -0.25) is 4.68 Å². The van der Waals surface area contributed by atoms with Crippen molar-refractivity contribution in [3.63, 3.8) is 0 Å². The molecular formula is C12H20N2. The largest absolute Gasteiger partial charge is 0.323 e. The fourth-order valence-electron chi connectivity index (χ4n) is 2.33. The molecule has 0 spiro atoms. The first kappa shape index (κ1) is 9.63. The Morgan fingerprint density at radius 1 is 1.14 bits per heavy atom. The highest BCUT2D eigenvalue weighted by atomic mass is 15.4. The molecule has 0 atom stereocenters. The van der Waals surface area contributed by atoms with E-state index in [0.717, 1.165) is 5.92 Å². The van der Waals surface area contributed by atoms with Crippen molar-refractivity contribution in [2.24, 2.45) is 5.92 Å². The van der Waals surface area contributed by atoms with Gasteiger partial charge in [-0.1, -0.05) is 13.3 Å². The van der Waals surface area contributed by atoms with Crippen molar-refractivity contribution >= 4 is 0 Å². The molecule has 2 rings (SSSR count). The third kappa shape index (κ3) is 2.31. The molecule has 2 heteroatoms. The highest BCUT2D eigenvalue weighted by Crippen LogP contribution is 2.26. The summed E-state index contributed by atoms with van der Waals surface area (Å²) in [5.74, 6) is 0.984. The Bertz CT molecular complexity index is 245. The first-order valence-corrected chi connectivity index (χ1v) is 5.78. The maximum atomic E-state index is 3.52. The molecule has 0 saturated heterocycles. The standard InChI is InChI=1S/C12H20N2/c1-2-11-5-7-12(8-6-11)13-14-9-3-4-10-14/h3-4,9-13H,2,5-8H2,1H3. The van der Waals surface area contributed by atoms with Gasteiger partial charge in [-0.2, -0.15) is 0 Å². The van der Waals surface area contributed by atoms with E-state index in [-0.39, 0.29) is 0 Å². The first-order valence-electron chi connectivity index (χ1n) is 5.78. The molecule has 14 heavy (non-hydrogen) atoms. The topological polar surface area (TPSA) is 17.0 Å². The first-order chi connectivity index (χ1) is 6.88. The van der Waals surface area contributed by atoms with E-state index in [9.17, 15) is 0 Å². The molecule has 78 valence electrons. The van der Waals surface area contributed by atoms with E-state index in [1.165, 1.54) is 32.1 Å². The van der Waals surface area contributed by atoms with Crippen LogP contribution in [0.5, 0.6) is 0 Å². The lowest BCUT2D eigenvalue weighted by Gasteiger charge is -2.29. The average Bonchev–Trinajstić information content (AvgIpc) is 2.72.